The molecular weight excluding hydrogens is 204 g/mol. The molecule has 0 heterocycles. The maximum atomic E-state index is 11.1. The lowest BCUT2D eigenvalue weighted by Crippen LogP contribution is -2.04. The Bertz CT molecular complexity index is 346. The van der Waals surface area contributed by atoms with E-state index in [2.05, 4.69) is 13.2 Å². The van der Waals surface area contributed by atoms with Crippen LogP contribution in [0.5, 0.6) is 0 Å². The van der Waals surface area contributed by atoms with Crippen molar-refractivity contribution in [2.24, 2.45) is 0 Å². The van der Waals surface area contributed by atoms with Crippen molar-refractivity contribution in [2.75, 3.05) is 0 Å². The standard InChI is InChI=1S/C13H16O3/c1-5-7-8-10-12(4)16-13(14)15-11(3)9-6-2/h5-10H,2,4H2,1,3H3/b7-5-,10-8-,11-9+. The number of carbonyl (C=O) groups is 1. The molecule has 0 rings (SSSR count). The first-order valence-corrected chi connectivity index (χ1v) is 4.77. The van der Waals surface area contributed by atoms with Gasteiger partial charge in [0.25, 0.3) is 0 Å². The molecule has 0 spiro atoms. The van der Waals surface area contributed by atoms with E-state index in [9.17, 15) is 4.79 Å². The highest BCUT2D eigenvalue weighted by molar-refractivity contribution is 5.63. The first kappa shape index (κ1) is 14.0. The molecule has 0 N–H and O–H groups in total. The number of rotatable bonds is 5. The van der Waals surface area contributed by atoms with Crippen molar-refractivity contribution in [3.8, 4) is 0 Å². The van der Waals surface area contributed by atoms with Gasteiger partial charge < -0.3 is 9.47 Å². The van der Waals surface area contributed by atoms with E-state index in [-0.39, 0.29) is 5.76 Å². The zero-order valence-electron chi connectivity index (χ0n) is 9.60. The van der Waals surface area contributed by atoms with Crippen LogP contribution in [0.15, 0.2) is 61.1 Å². The fourth-order valence-electron chi connectivity index (χ4n) is 0.767. The third-order valence-corrected chi connectivity index (χ3v) is 1.40. The Kier molecular flexibility index (Phi) is 7.24. The summed E-state index contributed by atoms with van der Waals surface area (Å²) in [6.45, 7) is 10.5. The highest BCUT2D eigenvalue weighted by Crippen LogP contribution is 2.03. The van der Waals surface area contributed by atoms with Crippen LogP contribution in [0.2, 0.25) is 0 Å². The average molecular weight is 220 g/mol. The Labute approximate surface area is 96.1 Å². The molecule has 0 atom stereocenters. The van der Waals surface area contributed by atoms with Crippen molar-refractivity contribution < 1.29 is 14.3 Å². The molecule has 0 aromatic carbocycles. The Morgan fingerprint density at radius 2 is 1.94 bits per heavy atom. The molecule has 0 saturated carbocycles. The summed E-state index contributed by atoms with van der Waals surface area (Å²) in [5, 5.41) is 0. The van der Waals surface area contributed by atoms with Crippen molar-refractivity contribution in [3.63, 3.8) is 0 Å². The van der Waals surface area contributed by atoms with Gasteiger partial charge in [0.2, 0.25) is 0 Å². The molecule has 0 bridgehead atoms. The van der Waals surface area contributed by atoms with Gasteiger partial charge in [-0.15, -0.1) is 0 Å². The van der Waals surface area contributed by atoms with Gasteiger partial charge in [-0.2, -0.15) is 0 Å². The van der Waals surface area contributed by atoms with Crippen molar-refractivity contribution in [2.45, 2.75) is 13.8 Å². The molecule has 0 aliphatic heterocycles. The largest absolute Gasteiger partial charge is 0.519 e. The monoisotopic (exact) mass is 220 g/mol. The van der Waals surface area contributed by atoms with E-state index in [1.54, 1.807) is 31.2 Å². The normalized spacial score (nSPS) is 11.8. The van der Waals surface area contributed by atoms with Crippen LogP contribution in [0.25, 0.3) is 0 Å². The topological polar surface area (TPSA) is 35.5 Å². The minimum Gasteiger partial charge on any atom is -0.400 e. The van der Waals surface area contributed by atoms with Crippen LogP contribution < -0.4 is 0 Å². The second-order valence-corrected chi connectivity index (χ2v) is 2.82. The molecule has 0 saturated heterocycles. The van der Waals surface area contributed by atoms with Crippen molar-refractivity contribution >= 4 is 6.16 Å². The highest BCUT2D eigenvalue weighted by Gasteiger charge is 2.05. The van der Waals surface area contributed by atoms with Crippen LogP contribution in [0.3, 0.4) is 0 Å². The summed E-state index contributed by atoms with van der Waals surface area (Å²) in [7, 11) is 0. The summed E-state index contributed by atoms with van der Waals surface area (Å²) in [6.07, 6.45) is 9.17. The molecule has 3 heteroatoms. The van der Waals surface area contributed by atoms with Crippen LogP contribution in [0.4, 0.5) is 4.79 Å². The third-order valence-electron chi connectivity index (χ3n) is 1.40. The Morgan fingerprint density at radius 1 is 1.25 bits per heavy atom. The van der Waals surface area contributed by atoms with Gasteiger partial charge in [-0.25, -0.2) is 4.79 Å². The molecule has 0 aromatic heterocycles. The Morgan fingerprint density at radius 3 is 2.50 bits per heavy atom. The van der Waals surface area contributed by atoms with E-state index in [1.807, 2.05) is 13.0 Å². The van der Waals surface area contributed by atoms with Gasteiger partial charge in [0.15, 0.2) is 0 Å². The predicted octanol–water partition coefficient (Wildman–Crippen LogP) is 3.88. The number of hydrogen-bond donors (Lipinski definition) is 0. The second kappa shape index (κ2) is 8.29. The lowest BCUT2D eigenvalue weighted by Gasteiger charge is -2.04. The summed E-state index contributed by atoms with van der Waals surface area (Å²) in [6, 6.07) is 0. The molecule has 0 unspecified atom stereocenters. The van der Waals surface area contributed by atoms with Crippen molar-refractivity contribution in [3.05, 3.63) is 61.1 Å². The lowest BCUT2D eigenvalue weighted by molar-refractivity contribution is 0.105. The van der Waals surface area contributed by atoms with Crippen molar-refractivity contribution in [1.29, 1.82) is 0 Å². The van der Waals surface area contributed by atoms with Crippen molar-refractivity contribution in [1.82, 2.24) is 0 Å². The van der Waals surface area contributed by atoms with Gasteiger partial charge in [-0.05, 0) is 26.0 Å². The van der Waals surface area contributed by atoms with E-state index in [4.69, 9.17) is 9.47 Å². The van der Waals surface area contributed by atoms with E-state index in [0.717, 1.165) is 0 Å². The number of carbonyl (C=O) groups excluding carboxylic acids is 1. The number of ether oxygens (including phenoxy) is 2. The molecule has 0 aromatic rings. The minimum absolute atomic E-state index is 0.217. The summed E-state index contributed by atoms with van der Waals surface area (Å²) in [5.41, 5.74) is 0. The maximum Gasteiger partial charge on any atom is 0.519 e. The van der Waals surface area contributed by atoms with E-state index in [1.165, 1.54) is 6.08 Å². The fraction of sp³-hybridized carbons (Fsp3) is 0.154. The number of hydrogen-bond acceptors (Lipinski definition) is 3. The molecular formula is C13H16O3. The molecule has 0 amide bonds. The minimum atomic E-state index is -0.814. The summed E-state index contributed by atoms with van der Waals surface area (Å²) in [5.74, 6) is 0.625. The SMILES string of the molecule is C=C/C=C(\C)OC(=O)OC(=C)/C=C\C=C/C. The highest BCUT2D eigenvalue weighted by atomic mass is 16.7. The lowest BCUT2D eigenvalue weighted by atomic mass is 10.4. The average Bonchev–Trinajstić information content (AvgIpc) is 2.17. The Hall–Kier alpha value is -2.03. The molecule has 3 nitrogen and oxygen atoms in total. The van der Waals surface area contributed by atoms with E-state index < -0.39 is 6.16 Å². The van der Waals surface area contributed by atoms with Gasteiger partial charge in [-0.1, -0.05) is 37.5 Å². The maximum absolute atomic E-state index is 11.1. The summed E-state index contributed by atoms with van der Waals surface area (Å²) in [4.78, 5) is 11.1. The van der Waals surface area contributed by atoms with Crippen LogP contribution in [0.1, 0.15) is 13.8 Å². The van der Waals surface area contributed by atoms with Gasteiger partial charge >= 0.3 is 6.16 Å². The quantitative estimate of drug-likeness (QED) is 0.400. The van der Waals surface area contributed by atoms with Gasteiger partial charge in [0.1, 0.15) is 11.5 Å². The fourth-order valence-corrected chi connectivity index (χ4v) is 0.767. The predicted molar refractivity (Wildman–Crippen MR) is 64.6 cm³/mol. The van der Waals surface area contributed by atoms with Gasteiger partial charge in [-0.3, -0.25) is 0 Å². The summed E-state index contributed by atoms with van der Waals surface area (Å²) < 4.78 is 9.55. The molecule has 0 fully saturated rings. The molecule has 16 heavy (non-hydrogen) atoms. The Balaban J connectivity index is 4.10. The molecule has 0 aliphatic carbocycles. The molecule has 0 radical (unpaired) electrons. The molecule has 86 valence electrons. The smallest absolute Gasteiger partial charge is 0.400 e. The summed E-state index contributed by atoms with van der Waals surface area (Å²) >= 11 is 0. The van der Waals surface area contributed by atoms with E-state index >= 15 is 0 Å². The van der Waals surface area contributed by atoms with Crippen LogP contribution in [-0.4, -0.2) is 6.16 Å². The second-order valence-electron chi connectivity index (χ2n) is 2.82. The zero-order chi connectivity index (χ0) is 12.4. The van der Waals surface area contributed by atoms with E-state index in [0.29, 0.717) is 5.76 Å². The van der Waals surface area contributed by atoms with Crippen LogP contribution in [0, 0.1) is 0 Å². The molecule has 0 aliphatic rings. The van der Waals surface area contributed by atoms with Gasteiger partial charge in [0.05, 0.1) is 0 Å². The van der Waals surface area contributed by atoms with Gasteiger partial charge in [0, 0.05) is 0 Å². The van der Waals surface area contributed by atoms with Crippen LogP contribution >= 0.6 is 0 Å². The zero-order valence-corrected chi connectivity index (χ0v) is 9.60. The first-order chi connectivity index (χ1) is 7.60. The first-order valence-electron chi connectivity index (χ1n) is 4.77. The number of allylic oxidation sites excluding steroid dienone is 7. The third kappa shape index (κ3) is 7.38. The van der Waals surface area contributed by atoms with Crippen LogP contribution in [-0.2, 0) is 9.47 Å².